The topological polar surface area (TPSA) is 13.1 Å². The fourth-order valence-electron chi connectivity index (χ4n) is 6.73. The van der Waals surface area contributed by atoms with E-state index in [1.165, 1.54) is 54.2 Å². The molecule has 0 fully saturated rings. The molecule has 8 aromatic carbocycles. The first-order valence-corrected chi connectivity index (χ1v) is 14.1. The molecule has 0 radical (unpaired) electrons. The second kappa shape index (κ2) is 8.55. The molecule has 1 heteroatoms. The highest BCUT2D eigenvalue weighted by molar-refractivity contribution is 6.26. The molecule has 0 aliphatic carbocycles. The molecule has 41 heavy (non-hydrogen) atoms. The molecule has 0 saturated heterocycles. The quantitative estimate of drug-likeness (QED) is 0.163. The number of hydrogen-bond donors (Lipinski definition) is 0. The average molecular weight is 521 g/mol. The van der Waals surface area contributed by atoms with Crippen LogP contribution in [0.3, 0.4) is 0 Å². The fraction of sp³-hybridized carbons (Fsp3) is 0. The maximum atomic E-state index is 6.80. The summed E-state index contributed by atoms with van der Waals surface area (Å²) in [4.78, 5) is 0. The monoisotopic (exact) mass is 520 g/mol. The van der Waals surface area contributed by atoms with Crippen LogP contribution in [0.2, 0.25) is 0 Å². The summed E-state index contributed by atoms with van der Waals surface area (Å²) in [5, 5.41) is 12.3. The Balaban J connectivity index is 1.50. The van der Waals surface area contributed by atoms with Crippen molar-refractivity contribution in [3.05, 3.63) is 146 Å². The minimum absolute atomic E-state index is 0.915. The van der Waals surface area contributed by atoms with Crippen LogP contribution in [0.5, 0.6) is 0 Å². The van der Waals surface area contributed by atoms with Gasteiger partial charge in [0, 0.05) is 16.3 Å². The average Bonchev–Trinajstić information content (AvgIpc) is 3.41. The van der Waals surface area contributed by atoms with Crippen LogP contribution in [-0.4, -0.2) is 0 Å². The van der Waals surface area contributed by atoms with Crippen molar-refractivity contribution in [1.29, 1.82) is 0 Å². The number of fused-ring (bicyclic) bond motifs is 8. The summed E-state index contributed by atoms with van der Waals surface area (Å²) in [7, 11) is 0. The maximum absolute atomic E-state index is 6.80. The molecular formula is C40H24O. The Morgan fingerprint density at radius 1 is 0.366 bits per heavy atom. The molecule has 0 aliphatic heterocycles. The van der Waals surface area contributed by atoms with Gasteiger partial charge in [0.25, 0.3) is 0 Å². The highest BCUT2D eigenvalue weighted by Gasteiger charge is 2.21. The first kappa shape index (κ1) is 22.4. The highest BCUT2D eigenvalue weighted by Crippen LogP contribution is 2.47. The third kappa shape index (κ3) is 3.30. The van der Waals surface area contributed by atoms with Gasteiger partial charge in [-0.1, -0.05) is 121 Å². The lowest BCUT2D eigenvalue weighted by molar-refractivity contribution is 0.670. The highest BCUT2D eigenvalue weighted by atomic mass is 16.3. The van der Waals surface area contributed by atoms with E-state index >= 15 is 0 Å². The van der Waals surface area contributed by atoms with Gasteiger partial charge in [0.2, 0.25) is 0 Å². The van der Waals surface area contributed by atoms with Gasteiger partial charge in [0.1, 0.15) is 11.2 Å². The standard InChI is InChI=1S/C40H24O/c1-2-10-25(11-3-1)32-20-21-34(39-36-22-27-13-4-5-14-28(27)24-37(36)41-40(32)39)38-31-17-9-7-15-29(31)23-35-30-16-8-6-12-26(30)18-19-33(35)38/h1-24H. The molecule has 0 N–H and O–H groups in total. The molecule has 0 spiro atoms. The number of rotatable bonds is 2. The second-order valence-corrected chi connectivity index (χ2v) is 10.9. The third-order valence-corrected chi connectivity index (χ3v) is 8.61. The van der Waals surface area contributed by atoms with Crippen molar-refractivity contribution in [2.75, 3.05) is 0 Å². The SMILES string of the molecule is c1ccc(-c2ccc(-c3c4ccccc4cc4c3ccc3ccccc34)c3c2oc2cc4ccccc4cc23)cc1. The molecule has 0 aliphatic rings. The summed E-state index contributed by atoms with van der Waals surface area (Å²) in [6.07, 6.45) is 0. The lowest BCUT2D eigenvalue weighted by atomic mass is 9.87. The van der Waals surface area contributed by atoms with Crippen LogP contribution in [0.4, 0.5) is 0 Å². The molecule has 0 bridgehead atoms. The van der Waals surface area contributed by atoms with Crippen molar-refractivity contribution in [2.45, 2.75) is 0 Å². The van der Waals surface area contributed by atoms with E-state index in [2.05, 4.69) is 146 Å². The molecule has 190 valence electrons. The van der Waals surface area contributed by atoms with Gasteiger partial charge in [-0.25, -0.2) is 0 Å². The zero-order valence-corrected chi connectivity index (χ0v) is 22.3. The summed E-state index contributed by atoms with van der Waals surface area (Å²) < 4.78 is 6.80. The summed E-state index contributed by atoms with van der Waals surface area (Å²) in [5.74, 6) is 0. The predicted octanol–water partition coefficient (Wildman–Crippen LogP) is 11.5. The maximum Gasteiger partial charge on any atom is 0.143 e. The molecule has 0 saturated carbocycles. The van der Waals surface area contributed by atoms with Gasteiger partial charge in [-0.15, -0.1) is 0 Å². The lowest BCUT2D eigenvalue weighted by Crippen LogP contribution is -1.89. The Morgan fingerprint density at radius 3 is 1.83 bits per heavy atom. The second-order valence-electron chi connectivity index (χ2n) is 10.9. The van der Waals surface area contributed by atoms with E-state index in [0.29, 0.717) is 0 Å². The molecule has 0 atom stereocenters. The van der Waals surface area contributed by atoms with Crippen LogP contribution in [0.15, 0.2) is 150 Å². The van der Waals surface area contributed by atoms with Crippen LogP contribution >= 0.6 is 0 Å². The molecular weight excluding hydrogens is 496 g/mol. The van der Waals surface area contributed by atoms with Crippen LogP contribution in [0.25, 0.3) is 87.3 Å². The molecule has 9 rings (SSSR count). The molecule has 9 aromatic rings. The minimum Gasteiger partial charge on any atom is -0.455 e. The summed E-state index contributed by atoms with van der Waals surface area (Å²) in [5.41, 5.74) is 6.57. The van der Waals surface area contributed by atoms with Gasteiger partial charge in [-0.05, 0) is 84.0 Å². The Hall–Kier alpha value is -5.40. The van der Waals surface area contributed by atoms with E-state index in [1.54, 1.807) is 0 Å². The van der Waals surface area contributed by atoms with Gasteiger partial charge < -0.3 is 4.42 Å². The summed E-state index contributed by atoms with van der Waals surface area (Å²) in [6, 6.07) is 52.5. The van der Waals surface area contributed by atoms with Crippen molar-refractivity contribution in [3.8, 4) is 22.3 Å². The van der Waals surface area contributed by atoms with E-state index in [9.17, 15) is 0 Å². The van der Waals surface area contributed by atoms with Gasteiger partial charge in [0.15, 0.2) is 0 Å². The van der Waals surface area contributed by atoms with Crippen LogP contribution < -0.4 is 0 Å². The normalized spacial score (nSPS) is 11.9. The van der Waals surface area contributed by atoms with E-state index in [0.717, 1.165) is 33.1 Å². The lowest BCUT2D eigenvalue weighted by Gasteiger charge is -2.16. The first-order chi connectivity index (χ1) is 20.3. The molecule has 1 nitrogen and oxygen atoms in total. The van der Waals surface area contributed by atoms with Crippen LogP contribution in [0.1, 0.15) is 0 Å². The molecule has 0 unspecified atom stereocenters. The van der Waals surface area contributed by atoms with Crippen molar-refractivity contribution >= 4 is 65.0 Å². The van der Waals surface area contributed by atoms with E-state index < -0.39 is 0 Å². The predicted molar refractivity (Wildman–Crippen MR) is 175 cm³/mol. The van der Waals surface area contributed by atoms with Crippen molar-refractivity contribution in [3.63, 3.8) is 0 Å². The smallest absolute Gasteiger partial charge is 0.143 e. The molecule has 1 heterocycles. The zero-order chi connectivity index (χ0) is 26.9. The summed E-state index contributed by atoms with van der Waals surface area (Å²) in [6.45, 7) is 0. The Kier molecular flexibility index (Phi) is 4.67. The van der Waals surface area contributed by atoms with Crippen molar-refractivity contribution < 1.29 is 4.42 Å². The van der Waals surface area contributed by atoms with Gasteiger partial charge >= 0.3 is 0 Å². The van der Waals surface area contributed by atoms with Crippen LogP contribution in [-0.2, 0) is 0 Å². The summed E-state index contributed by atoms with van der Waals surface area (Å²) >= 11 is 0. The van der Waals surface area contributed by atoms with E-state index in [4.69, 9.17) is 4.42 Å². The zero-order valence-electron chi connectivity index (χ0n) is 22.3. The van der Waals surface area contributed by atoms with Crippen LogP contribution in [0, 0.1) is 0 Å². The van der Waals surface area contributed by atoms with E-state index in [1.807, 2.05) is 0 Å². The first-order valence-electron chi connectivity index (χ1n) is 14.1. The Bertz CT molecular complexity index is 2460. The van der Waals surface area contributed by atoms with Gasteiger partial charge in [-0.2, -0.15) is 0 Å². The van der Waals surface area contributed by atoms with Gasteiger partial charge in [-0.3, -0.25) is 0 Å². The van der Waals surface area contributed by atoms with Gasteiger partial charge in [0.05, 0.1) is 0 Å². The third-order valence-electron chi connectivity index (χ3n) is 8.61. The Morgan fingerprint density at radius 2 is 1.00 bits per heavy atom. The van der Waals surface area contributed by atoms with Crippen molar-refractivity contribution in [1.82, 2.24) is 0 Å². The van der Waals surface area contributed by atoms with Crippen molar-refractivity contribution in [2.24, 2.45) is 0 Å². The fourth-order valence-corrected chi connectivity index (χ4v) is 6.73. The van der Waals surface area contributed by atoms with E-state index in [-0.39, 0.29) is 0 Å². The Labute approximate surface area is 236 Å². The number of furan rings is 1. The largest absolute Gasteiger partial charge is 0.455 e. The minimum atomic E-state index is 0.915. The molecule has 0 amide bonds. The number of hydrogen-bond acceptors (Lipinski definition) is 1. The molecule has 1 aromatic heterocycles. The number of benzene rings is 8.